The summed E-state index contributed by atoms with van der Waals surface area (Å²) in [5.41, 5.74) is 0.379. The highest BCUT2D eigenvalue weighted by molar-refractivity contribution is 5.94. The maximum absolute atomic E-state index is 11.9. The fourth-order valence-corrected chi connectivity index (χ4v) is 1.26. The molecule has 0 unspecified atom stereocenters. The number of hydrogen-bond acceptors (Lipinski definition) is 3. The second-order valence-electron chi connectivity index (χ2n) is 4.79. The van der Waals surface area contributed by atoms with Crippen LogP contribution in [0.15, 0.2) is 24.3 Å². The molecular formula is C14H21NO3. The van der Waals surface area contributed by atoms with Crippen molar-refractivity contribution in [2.45, 2.75) is 27.2 Å². The lowest BCUT2D eigenvalue weighted by Gasteiger charge is -2.21. The van der Waals surface area contributed by atoms with E-state index in [2.05, 4.69) is 5.32 Å². The molecular weight excluding hydrogens is 230 g/mol. The molecule has 18 heavy (non-hydrogen) atoms. The first-order valence-electron chi connectivity index (χ1n) is 6.15. The second-order valence-corrected chi connectivity index (χ2v) is 4.79. The number of anilines is 1. The van der Waals surface area contributed by atoms with Crippen molar-refractivity contribution in [1.82, 2.24) is 0 Å². The maximum Gasteiger partial charge on any atom is 0.230 e. The number of carbonyl (C=O) groups excluding carboxylic acids is 1. The third-order valence-corrected chi connectivity index (χ3v) is 2.97. The molecule has 1 amide bonds. The van der Waals surface area contributed by atoms with E-state index in [0.717, 1.165) is 12.1 Å². The molecule has 0 atom stereocenters. The van der Waals surface area contributed by atoms with Crippen molar-refractivity contribution in [2.24, 2.45) is 5.41 Å². The lowest BCUT2D eigenvalue weighted by Crippen LogP contribution is -2.29. The number of benzene rings is 1. The number of rotatable bonds is 6. The van der Waals surface area contributed by atoms with Gasteiger partial charge in [0.1, 0.15) is 12.4 Å². The molecule has 0 bridgehead atoms. The number of ether oxygens (including phenoxy) is 1. The van der Waals surface area contributed by atoms with Gasteiger partial charge in [-0.2, -0.15) is 0 Å². The lowest BCUT2D eigenvalue weighted by molar-refractivity contribution is -0.124. The van der Waals surface area contributed by atoms with Crippen LogP contribution in [0.3, 0.4) is 0 Å². The van der Waals surface area contributed by atoms with Crippen molar-refractivity contribution in [1.29, 1.82) is 0 Å². The van der Waals surface area contributed by atoms with Crippen LogP contribution in [-0.2, 0) is 4.79 Å². The highest BCUT2D eigenvalue weighted by Crippen LogP contribution is 2.23. The fraction of sp³-hybridized carbons (Fsp3) is 0.500. The summed E-state index contributed by atoms with van der Waals surface area (Å²) < 4.78 is 5.24. The SMILES string of the molecule is CCC(C)(C)C(=O)Nc1ccc(OCCO)cc1. The Hall–Kier alpha value is -1.55. The molecule has 0 aromatic heterocycles. The van der Waals surface area contributed by atoms with Crippen LogP contribution in [0.1, 0.15) is 27.2 Å². The molecule has 2 N–H and O–H groups in total. The van der Waals surface area contributed by atoms with Crippen LogP contribution in [0.4, 0.5) is 5.69 Å². The van der Waals surface area contributed by atoms with E-state index >= 15 is 0 Å². The topological polar surface area (TPSA) is 58.6 Å². The minimum absolute atomic E-state index is 0.00836. The summed E-state index contributed by atoms with van der Waals surface area (Å²) in [4.78, 5) is 11.9. The monoisotopic (exact) mass is 251 g/mol. The zero-order chi connectivity index (χ0) is 13.6. The molecule has 0 heterocycles. The van der Waals surface area contributed by atoms with Crippen LogP contribution in [0.5, 0.6) is 5.75 Å². The molecule has 0 aliphatic carbocycles. The number of hydrogen-bond donors (Lipinski definition) is 2. The molecule has 0 radical (unpaired) electrons. The Labute approximate surface area is 108 Å². The Kier molecular flexibility index (Phi) is 5.16. The normalized spacial score (nSPS) is 11.1. The van der Waals surface area contributed by atoms with Crippen molar-refractivity contribution in [2.75, 3.05) is 18.5 Å². The first kappa shape index (κ1) is 14.5. The summed E-state index contributed by atoms with van der Waals surface area (Å²) in [6, 6.07) is 7.11. The van der Waals surface area contributed by atoms with Gasteiger partial charge in [0.25, 0.3) is 0 Å². The predicted molar refractivity (Wildman–Crippen MR) is 71.7 cm³/mol. The van der Waals surface area contributed by atoms with E-state index in [1.807, 2.05) is 20.8 Å². The van der Waals surface area contributed by atoms with Crippen LogP contribution in [0, 0.1) is 5.41 Å². The summed E-state index contributed by atoms with van der Waals surface area (Å²) in [6.07, 6.45) is 0.788. The Morgan fingerprint density at radius 2 is 1.94 bits per heavy atom. The van der Waals surface area contributed by atoms with E-state index in [-0.39, 0.29) is 24.5 Å². The van der Waals surface area contributed by atoms with Crippen molar-refractivity contribution in [3.05, 3.63) is 24.3 Å². The van der Waals surface area contributed by atoms with Gasteiger partial charge in [0.15, 0.2) is 0 Å². The van der Waals surface area contributed by atoms with Crippen molar-refractivity contribution < 1.29 is 14.6 Å². The average molecular weight is 251 g/mol. The Balaban J connectivity index is 2.61. The van der Waals surface area contributed by atoms with Crippen LogP contribution in [0.2, 0.25) is 0 Å². The Morgan fingerprint density at radius 1 is 1.33 bits per heavy atom. The first-order chi connectivity index (χ1) is 8.49. The van der Waals surface area contributed by atoms with Crippen LogP contribution >= 0.6 is 0 Å². The quantitative estimate of drug-likeness (QED) is 0.816. The largest absolute Gasteiger partial charge is 0.491 e. The fourth-order valence-electron chi connectivity index (χ4n) is 1.26. The molecule has 1 aromatic carbocycles. The van der Waals surface area contributed by atoms with E-state index < -0.39 is 0 Å². The highest BCUT2D eigenvalue weighted by atomic mass is 16.5. The maximum atomic E-state index is 11.9. The van der Waals surface area contributed by atoms with E-state index in [0.29, 0.717) is 5.75 Å². The number of aliphatic hydroxyl groups is 1. The summed E-state index contributed by atoms with van der Waals surface area (Å²) in [5.74, 6) is 0.686. The van der Waals surface area contributed by atoms with E-state index in [1.165, 1.54) is 0 Å². The van der Waals surface area contributed by atoms with Crippen molar-refractivity contribution in [3.8, 4) is 5.75 Å². The number of carbonyl (C=O) groups is 1. The molecule has 0 fully saturated rings. The average Bonchev–Trinajstić information content (AvgIpc) is 2.37. The molecule has 1 rings (SSSR count). The molecule has 4 heteroatoms. The molecule has 0 saturated heterocycles. The van der Waals surface area contributed by atoms with Crippen LogP contribution in [-0.4, -0.2) is 24.2 Å². The van der Waals surface area contributed by atoms with Crippen molar-refractivity contribution >= 4 is 11.6 Å². The standard InChI is InChI=1S/C14H21NO3/c1-4-14(2,3)13(17)15-11-5-7-12(8-6-11)18-10-9-16/h5-8,16H,4,9-10H2,1-3H3,(H,15,17). The first-order valence-corrected chi connectivity index (χ1v) is 6.15. The molecule has 4 nitrogen and oxygen atoms in total. The van der Waals surface area contributed by atoms with Gasteiger partial charge < -0.3 is 15.2 Å². The third-order valence-electron chi connectivity index (χ3n) is 2.97. The molecule has 0 aliphatic rings. The van der Waals surface area contributed by atoms with Gasteiger partial charge >= 0.3 is 0 Å². The van der Waals surface area contributed by atoms with Gasteiger partial charge in [0.2, 0.25) is 5.91 Å². The van der Waals surface area contributed by atoms with E-state index in [9.17, 15) is 4.79 Å². The second kappa shape index (κ2) is 6.40. The summed E-state index contributed by atoms with van der Waals surface area (Å²) in [7, 11) is 0. The lowest BCUT2D eigenvalue weighted by atomic mass is 9.89. The molecule has 0 saturated carbocycles. The third kappa shape index (κ3) is 4.04. The zero-order valence-corrected chi connectivity index (χ0v) is 11.2. The summed E-state index contributed by atoms with van der Waals surface area (Å²) in [6.45, 7) is 6.09. The minimum atomic E-state index is -0.369. The number of amides is 1. The smallest absolute Gasteiger partial charge is 0.230 e. The van der Waals surface area contributed by atoms with Gasteiger partial charge in [-0.3, -0.25) is 4.79 Å². The van der Waals surface area contributed by atoms with Gasteiger partial charge in [0, 0.05) is 11.1 Å². The van der Waals surface area contributed by atoms with Gasteiger partial charge in [-0.15, -0.1) is 0 Å². The minimum Gasteiger partial charge on any atom is -0.491 e. The van der Waals surface area contributed by atoms with Gasteiger partial charge in [0.05, 0.1) is 6.61 Å². The van der Waals surface area contributed by atoms with Gasteiger partial charge in [-0.25, -0.2) is 0 Å². The summed E-state index contributed by atoms with van der Waals surface area (Å²) in [5, 5.41) is 11.5. The Bertz CT molecular complexity index is 385. The predicted octanol–water partition coefficient (Wildman–Crippen LogP) is 2.43. The number of aliphatic hydroxyl groups excluding tert-OH is 1. The molecule has 0 aliphatic heterocycles. The number of nitrogens with one attached hydrogen (secondary N) is 1. The zero-order valence-electron chi connectivity index (χ0n) is 11.2. The van der Waals surface area contributed by atoms with Gasteiger partial charge in [-0.1, -0.05) is 20.8 Å². The highest BCUT2D eigenvalue weighted by Gasteiger charge is 2.25. The van der Waals surface area contributed by atoms with Crippen LogP contribution < -0.4 is 10.1 Å². The summed E-state index contributed by atoms with van der Waals surface area (Å²) >= 11 is 0. The van der Waals surface area contributed by atoms with Crippen molar-refractivity contribution in [3.63, 3.8) is 0 Å². The molecule has 1 aromatic rings. The Morgan fingerprint density at radius 3 is 2.44 bits per heavy atom. The van der Waals surface area contributed by atoms with Crippen LogP contribution in [0.25, 0.3) is 0 Å². The molecule has 100 valence electrons. The van der Waals surface area contributed by atoms with Gasteiger partial charge in [-0.05, 0) is 30.7 Å². The van der Waals surface area contributed by atoms with E-state index in [4.69, 9.17) is 9.84 Å². The van der Waals surface area contributed by atoms with E-state index in [1.54, 1.807) is 24.3 Å². The molecule has 0 spiro atoms.